The third kappa shape index (κ3) is 3.97. The van der Waals surface area contributed by atoms with E-state index in [0.717, 1.165) is 30.6 Å². The Kier molecular flexibility index (Phi) is 5.52. The molecule has 0 saturated carbocycles. The quantitative estimate of drug-likeness (QED) is 0.741. The minimum absolute atomic E-state index is 0.193. The van der Waals surface area contributed by atoms with Crippen molar-refractivity contribution in [3.63, 3.8) is 0 Å². The van der Waals surface area contributed by atoms with Crippen LogP contribution >= 0.6 is 0 Å². The Morgan fingerprint density at radius 1 is 1.17 bits per heavy atom. The first kappa shape index (κ1) is 19.8. The number of nitrogens with zero attached hydrogens (tertiary/aromatic N) is 1. The van der Waals surface area contributed by atoms with Crippen molar-refractivity contribution in [1.82, 2.24) is 20.7 Å². The van der Waals surface area contributed by atoms with Gasteiger partial charge in [0.15, 0.2) is 5.43 Å². The molecule has 1 amide bonds. The predicted octanol–water partition coefficient (Wildman–Crippen LogP) is 2.24. The second-order valence-corrected chi connectivity index (χ2v) is 8.16. The van der Waals surface area contributed by atoms with Crippen LogP contribution in [0.1, 0.15) is 46.1 Å². The maximum absolute atomic E-state index is 13.7. The zero-order chi connectivity index (χ0) is 20.5. The standard InChI is InChI=1S/C22H27FN4O2/c1-13-10-19(28)20(14(2)25-13)22(29)27-8-6-15(7-9-27)21-18(12-24-26-21)16-4-3-5-17(23)11-16/h3-5,10-11,15,18,21,24,26H,6-9,12H2,1-2H3,(H,25,28). The lowest BCUT2D eigenvalue weighted by atomic mass is 9.80. The number of likely N-dealkylation sites (tertiary alicyclic amines) is 1. The van der Waals surface area contributed by atoms with Gasteiger partial charge in [0.2, 0.25) is 0 Å². The van der Waals surface area contributed by atoms with Gasteiger partial charge in [-0.3, -0.25) is 20.4 Å². The van der Waals surface area contributed by atoms with E-state index in [9.17, 15) is 14.0 Å². The van der Waals surface area contributed by atoms with Crippen LogP contribution in [0, 0.1) is 25.6 Å². The van der Waals surface area contributed by atoms with Crippen molar-refractivity contribution >= 4 is 5.91 Å². The molecule has 2 aliphatic heterocycles. The highest BCUT2D eigenvalue weighted by Gasteiger charge is 2.37. The topological polar surface area (TPSA) is 77.2 Å². The first-order chi connectivity index (χ1) is 13.9. The normalized spacial score (nSPS) is 22.8. The van der Waals surface area contributed by atoms with E-state index < -0.39 is 0 Å². The second kappa shape index (κ2) is 8.08. The van der Waals surface area contributed by atoms with Gasteiger partial charge in [-0.05, 0) is 50.3 Å². The number of halogens is 1. The predicted molar refractivity (Wildman–Crippen MR) is 109 cm³/mol. The van der Waals surface area contributed by atoms with Gasteiger partial charge in [-0.25, -0.2) is 4.39 Å². The van der Waals surface area contributed by atoms with Gasteiger partial charge in [0, 0.05) is 49.0 Å². The summed E-state index contributed by atoms with van der Waals surface area (Å²) in [5, 5.41) is 0. The number of carbonyl (C=O) groups is 1. The molecule has 154 valence electrons. The molecule has 29 heavy (non-hydrogen) atoms. The maximum Gasteiger partial charge on any atom is 0.259 e. The zero-order valence-electron chi connectivity index (χ0n) is 16.8. The molecule has 3 heterocycles. The molecule has 2 unspecified atom stereocenters. The van der Waals surface area contributed by atoms with Gasteiger partial charge < -0.3 is 9.88 Å². The van der Waals surface area contributed by atoms with Crippen LogP contribution in [0.4, 0.5) is 4.39 Å². The number of rotatable bonds is 3. The number of pyridine rings is 1. The Balaban J connectivity index is 1.44. The number of aromatic nitrogens is 1. The van der Waals surface area contributed by atoms with Crippen LogP contribution in [0.25, 0.3) is 0 Å². The van der Waals surface area contributed by atoms with Crippen LogP contribution in [0.5, 0.6) is 0 Å². The Labute approximate surface area is 169 Å². The van der Waals surface area contributed by atoms with E-state index >= 15 is 0 Å². The molecular formula is C22H27FN4O2. The third-order valence-corrected chi connectivity index (χ3v) is 6.20. The van der Waals surface area contributed by atoms with E-state index in [1.165, 1.54) is 12.1 Å². The summed E-state index contributed by atoms with van der Waals surface area (Å²) < 4.78 is 13.7. The van der Waals surface area contributed by atoms with Gasteiger partial charge in [0.1, 0.15) is 11.4 Å². The molecule has 2 saturated heterocycles. The highest BCUT2D eigenvalue weighted by atomic mass is 19.1. The molecule has 3 N–H and O–H groups in total. The van der Waals surface area contributed by atoms with Crippen molar-refractivity contribution in [2.24, 2.45) is 5.92 Å². The van der Waals surface area contributed by atoms with Crippen molar-refractivity contribution < 1.29 is 9.18 Å². The van der Waals surface area contributed by atoms with Gasteiger partial charge in [-0.2, -0.15) is 0 Å². The molecule has 0 spiro atoms. The number of hydrazine groups is 1. The summed E-state index contributed by atoms with van der Waals surface area (Å²) in [6.07, 6.45) is 1.69. The Morgan fingerprint density at radius 2 is 1.93 bits per heavy atom. The second-order valence-electron chi connectivity index (χ2n) is 8.16. The molecule has 2 aliphatic rings. The van der Waals surface area contributed by atoms with E-state index in [-0.39, 0.29) is 34.7 Å². The van der Waals surface area contributed by atoms with E-state index in [4.69, 9.17) is 0 Å². The van der Waals surface area contributed by atoms with E-state index in [1.807, 2.05) is 13.0 Å². The summed E-state index contributed by atoms with van der Waals surface area (Å²) in [5.41, 5.74) is 8.97. The van der Waals surface area contributed by atoms with Crippen molar-refractivity contribution in [1.29, 1.82) is 0 Å². The largest absolute Gasteiger partial charge is 0.362 e. The van der Waals surface area contributed by atoms with Crippen LogP contribution in [-0.4, -0.2) is 41.5 Å². The van der Waals surface area contributed by atoms with Crippen LogP contribution in [0.15, 0.2) is 35.1 Å². The number of hydrogen-bond donors (Lipinski definition) is 3. The molecule has 6 nitrogen and oxygen atoms in total. The van der Waals surface area contributed by atoms with E-state index in [0.29, 0.717) is 24.7 Å². The molecule has 1 aromatic carbocycles. The molecule has 2 atom stereocenters. The summed E-state index contributed by atoms with van der Waals surface area (Å²) in [6.45, 7) is 5.57. The molecule has 4 rings (SSSR count). The molecule has 2 fully saturated rings. The van der Waals surface area contributed by atoms with Crippen LogP contribution < -0.4 is 16.3 Å². The lowest BCUT2D eigenvalue weighted by Gasteiger charge is -2.36. The maximum atomic E-state index is 13.7. The Morgan fingerprint density at radius 3 is 2.62 bits per heavy atom. The van der Waals surface area contributed by atoms with E-state index in [2.05, 4.69) is 15.8 Å². The van der Waals surface area contributed by atoms with Crippen molar-refractivity contribution in [3.8, 4) is 0 Å². The Bertz CT molecular complexity index is 966. The van der Waals surface area contributed by atoms with Crippen LogP contribution in [0.2, 0.25) is 0 Å². The lowest BCUT2D eigenvalue weighted by Crippen LogP contribution is -2.46. The van der Waals surface area contributed by atoms with Gasteiger partial charge >= 0.3 is 0 Å². The van der Waals surface area contributed by atoms with Gasteiger partial charge in [-0.15, -0.1) is 0 Å². The monoisotopic (exact) mass is 398 g/mol. The number of benzene rings is 1. The zero-order valence-corrected chi connectivity index (χ0v) is 16.8. The van der Waals surface area contributed by atoms with Gasteiger partial charge in [0.25, 0.3) is 5.91 Å². The summed E-state index contributed by atoms with van der Waals surface area (Å²) in [4.78, 5) is 30.1. The number of carbonyl (C=O) groups excluding carboxylic acids is 1. The van der Waals surface area contributed by atoms with E-state index in [1.54, 1.807) is 24.0 Å². The van der Waals surface area contributed by atoms with Crippen LogP contribution in [0.3, 0.4) is 0 Å². The fourth-order valence-corrected chi connectivity index (χ4v) is 4.76. The van der Waals surface area contributed by atoms with Gasteiger partial charge in [0.05, 0.1) is 0 Å². The number of piperidine rings is 1. The number of nitrogens with one attached hydrogen (secondary N) is 3. The van der Waals surface area contributed by atoms with Gasteiger partial charge in [-0.1, -0.05) is 12.1 Å². The molecular weight excluding hydrogens is 371 g/mol. The number of aryl methyl sites for hydroxylation is 2. The lowest BCUT2D eigenvalue weighted by molar-refractivity contribution is 0.0667. The average Bonchev–Trinajstić information content (AvgIpc) is 3.17. The third-order valence-electron chi connectivity index (χ3n) is 6.20. The summed E-state index contributed by atoms with van der Waals surface area (Å²) >= 11 is 0. The highest BCUT2D eigenvalue weighted by Crippen LogP contribution is 2.32. The first-order valence-corrected chi connectivity index (χ1v) is 10.2. The number of hydrogen-bond acceptors (Lipinski definition) is 4. The average molecular weight is 398 g/mol. The summed E-state index contributed by atoms with van der Waals surface area (Å²) in [6, 6.07) is 8.47. The highest BCUT2D eigenvalue weighted by molar-refractivity contribution is 5.95. The molecule has 0 aliphatic carbocycles. The first-order valence-electron chi connectivity index (χ1n) is 10.2. The number of aromatic amines is 1. The fourth-order valence-electron chi connectivity index (χ4n) is 4.76. The molecule has 0 bridgehead atoms. The molecule has 2 aromatic rings. The summed E-state index contributed by atoms with van der Waals surface area (Å²) in [5.74, 6) is 0.161. The molecule has 0 radical (unpaired) electrons. The minimum Gasteiger partial charge on any atom is -0.362 e. The molecule has 1 aromatic heterocycles. The SMILES string of the molecule is Cc1cc(=O)c(C(=O)N2CCC(C3NNCC3c3cccc(F)c3)CC2)c(C)[nH]1. The fraction of sp³-hybridized carbons (Fsp3) is 0.455. The number of amides is 1. The van der Waals surface area contributed by atoms with Crippen molar-refractivity contribution in [2.75, 3.05) is 19.6 Å². The Hall–Kier alpha value is -2.51. The van der Waals surface area contributed by atoms with Crippen molar-refractivity contribution in [3.05, 3.63) is 68.9 Å². The smallest absolute Gasteiger partial charge is 0.259 e. The number of H-pyrrole nitrogens is 1. The molecule has 7 heteroatoms. The van der Waals surface area contributed by atoms with Crippen molar-refractivity contribution in [2.45, 2.75) is 38.6 Å². The van der Waals surface area contributed by atoms with Crippen LogP contribution in [-0.2, 0) is 0 Å². The summed E-state index contributed by atoms with van der Waals surface area (Å²) in [7, 11) is 0. The minimum atomic E-state index is -0.223.